The normalized spacial score (nSPS) is 15.5. The fourth-order valence-electron chi connectivity index (χ4n) is 3.92. The van der Waals surface area contributed by atoms with E-state index in [0.29, 0.717) is 55.9 Å². The van der Waals surface area contributed by atoms with Gasteiger partial charge < -0.3 is 15.3 Å². The quantitative estimate of drug-likeness (QED) is 0.533. The molecule has 32 heavy (non-hydrogen) atoms. The van der Waals surface area contributed by atoms with Crippen molar-refractivity contribution in [3.8, 4) is 11.1 Å². The van der Waals surface area contributed by atoms with Gasteiger partial charge in [-0.3, -0.25) is 4.79 Å². The van der Waals surface area contributed by atoms with E-state index in [2.05, 4.69) is 30.9 Å². The van der Waals surface area contributed by atoms with Gasteiger partial charge >= 0.3 is 12.0 Å². The molecule has 3 aromatic rings. The Morgan fingerprint density at radius 3 is 2.38 bits per heavy atom. The molecule has 0 radical (unpaired) electrons. The van der Waals surface area contributed by atoms with E-state index < -0.39 is 11.4 Å². The van der Waals surface area contributed by atoms with Gasteiger partial charge in [0.25, 0.3) is 0 Å². The molecule has 1 saturated heterocycles. The van der Waals surface area contributed by atoms with Gasteiger partial charge in [-0.05, 0) is 43.9 Å². The maximum Gasteiger partial charge on any atom is 0.336 e. The van der Waals surface area contributed by atoms with Crippen LogP contribution in [0.25, 0.3) is 22.2 Å². The van der Waals surface area contributed by atoms with E-state index in [1.54, 1.807) is 12.4 Å². The molecule has 1 aliphatic rings. The number of rotatable bonds is 6. The maximum atomic E-state index is 11.7. The summed E-state index contributed by atoms with van der Waals surface area (Å²) in [5, 5.41) is 20.7. The van der Waals surface area contributed by atoms with Crippen molar-refractivity contribution in [1.82, 2.24) is 30.4 Å². The number of carbonyl (C=O) groups is 2. The summed E-state index contributed by atoms with van der Waals surface area (Å²) in [5.41, 5.74) is 4.87. The summed E-state index contributed by atoms with van der Waals surface area (Å²) in [6, 6.07) is 5.20. The molecule has 11 nitrogen and oxygen atoms in total. The first kappa shape index (κ1) is 21.5. The largest absolute Gasteiger partial charge is 0.481 e. The molecule has 4 rings (SSSR count). The number of fused-ring (bicyclic) bond motifs is 1. The predicted molar refractivity (Wildman–Crippen MR) is 119 cm³/mol. The average Bonchev–Trinajstić information content (AvgIpc) is 3.20. The molecule has 168 valence electrons. The van der Waals surface area contributed by atoms with Crippen molar-refractivity contribution in [2.75, 3.05) is 30.0 Å². The van der Waals surface area contributed by atoms with Crippen LogP contribution in [-0.4, -0.2) is 61.8 Å². The number of piperidine rings is 1. The second kappa shape index (κ2) is 8.77. The van der Waals surface area contributed by atoms with Crippen molar-refractivity contribution >= 4 is 29.0 Å². The smallest absolute Gasteiger partial charge is 0.336 e. The van der Waals surface area contributed by atoms with Crippen LogP contribution < -0.4 is 15.6 Å². The van der Waals surface area contributed by atoms with Crippen LogP contribution in [-0.2, 0) is 4.79 Å². The van der Waals surface area contributed by atoms with Crippen LogP contribution in [0.1, 0.15) is 33.1 Å². The van der Waals surface area contributed by atoms with Gasteiger partial charge in [0, 0.05) is 37.6 Å². The van der Waals surface area contributed by atoms with Gasteiger partial charge in [0.2, 0.25) is 5.95 Å². The van der Waals surface area contributed by atoms with Crippen molar-refractivity contribution in [2.45, 2.75) is 33.1 Å². The van der Waals surface area contributed by atoms with Crippen LogP contribution in [0, 0.1) is 5.41 Å². The zero-order chi connectivity index (χ0) is 22.7. The Bertz CT molecular complexity index is 1120. The molecule has 0 bridgehead atoms. The lowest BCUT2D eigenvalue weighted by atomic mass is 9.76. The van der Waals surface area contributed by atoms with Crippen molar-refractivity contribution in [3.63, 3.8) is 0 Å². The number of carbonyl (C=O) groups excluding carboxylic acids is 1. The first-order chi connectivity index (χ1) is 15.4. The number of anilines is 1. The molecular formula is C21H26N8O3. The molecule has 0 spiro atoms. The second-order valence-corrected chi connectivity index (χ2v) is 7.86. The highest BCUT2D eigenvalue weighted by Crippen LogP contribution is 2.36. The highest BCUT2D eigenvalue weighted by Gasteiger charge is 2.40. The number of benzene rings is 1. The number of hydrogen-bond donors (Lipinski definition) is 3. The molecule has 1 fully saturated rings. The Kier molecular flexibility index (Phi) is 5.89. The third-order valence-corrected chi connectivity index (χ3v) is 6.02. The van der Waals surface area contributed by atoms with Gasteiger partial charge in [-0.2, -0.15) is 0 Å². The minimum Gasteiger partial charge on any atom is -0.481 e. The van der Waals surface area contributed by atoms with Crippen LogP contribution in [0.3, 0.4) is 0 Å². The highest BCUT2D eigenvalue weighted by molar-refractivity contribution is 5.83. The molecule has 0 atom stereocenters. The summed E-state index contributed by atoms with van der Waals surface area (Å²) >= 11 is 0. The highest BCUT2D eigenvalue weighted by atomic mass is 16.4. The Hall–Kier alpha value is -3.76. The number of aliphatic carboxylic acids is 1. The monoisotopic (exact) mass is 438 g/mol. The lowest BCUT2D eigenvalue weighted by molar-refractivity contribution is -0.150. The van der Waals surface area contributed by atoms with Gasteiger partial charge in [-0.1, -0.05) is 17.9 Å². The van der Waals surface area contributed by atoms with Crippen LogP contribution in [0.4, 0.5) is 10.7 Å². The fourth-order valence-corrected chi connectivity index (χ4v) is 3.92. The van der Waals surface area contributed by atoms with Crippen molar-refractivity contribution in [2.24, 2.45) is 5.41 Å². The number of aromatic nitrogens is 5. The first-order valence-corrected chi connectivity index (χ1v) is 10.7. The first-order valence-electron chi connectivity index (χ1n) is 10.7. The van der Waals surface area contributed by atoms with Crippen molar-refractivity contribution < 1.29 is 14.7 Å². The number of nitrogens with one attached hydrogen (secondary N) is 2. The number of hydrogen-bond acceptors (Lipinski definition) is 7. The molecule has 11 heteroatoms. The second-order valence-electron chi connectivity index (χ2n) is 7.86. The van der Waals surface area contributed by atoms with E-state index in [9.17, 15) is 14.7 Å². The van der Waals surface area contributed by atoms with Gasteiger partial charge in [0.15, 0.2) is 0 Å². The molecule has 0 unspecified atom stereocenters. The zero-order valence-electron chi connectivity index (χ0n) is 18.1. The van der Waals surface area contributed by atoms with Gasteiger partial charge in [0.05, 0.1) is 5.41 Å². The number of amides is 2. The number of carboxylic acid groups (broad SMARTS) is 1. The van der Waals surface area contributed by atoms with E-state index in [1.807, 2.05) is 36.9 Å². The third-order valence-electron chi connectivity index (χ3n) is 6.02. The van der Waals surface area contributed by atoms with Crippen LogP contribution >= 0.6 is 0 Å². The SMILES string of the molecule is CCNC(=O)Nn1nc2ccc(-c3cnc(N4CCC(CC)(C(=O)O)CC4)nc3)cc2n1. The zero-order valence-corrected chi connectivity index (χ0v) is 18.1. The molecule has 0 aliphatic carbocycles. The Labute approximate surface area is 184 Å². The van der Waals surface area contributed by atoms with Crippen LogP contribution in [0.15, 0.2) is 30.6 Å². The van der Waals surface area contributed by atoms with E-state index in [4.69, 9.17) is 0 Å². The fraction of sp³-hybridized carbons (Fsp3) is 0.429. The van der Waals surface area contributed by atoms with Gasteiger partial charge in [-0.15, -0.1) is 10.2 Å². The van der Waals surface area contributed by atoms with E-state index in [-0.39, 0.29) is 6.03 Å². The number of carboxylic acids is 1. The molecule has 2 amide bonds. The molecular weight excluding hydrogens is 412 g/mol. The molecule has 1 aromatic carbocycles. The van der Waals surface area contributed by atoms with Crippen LogP contribution in [0.2, 0.25) is 0 Å². The Balaban J connectivity index is 1.47. The summed E-state index contributed by atoms with van der Waals surface area (Å²) in [7, 11) is 0. The van der Waals surface area contributed by atoms with Crippen LogP contribution in [0.5, 0.6) is 0 Å². The van der Waals surface area contributed by atoms with Crippen molar-refractivity contribution in [3.05, 3.63) is 30.6 Å². The van der Waals surface area contributed by atoms with Gasteiger partial charge in [0.1, 0.15) is 11.0 Å². The molecule has 2 aromatic heterocycles. The number of urea groups is 1. The molecule has 0 saturated carbocycles. The summed E-state index contributed by atoms with van der Waals surface area (Å²) in [5.74, 6) is -0.119. The topological polar surface area (TPSA) is 138 Å². The summed E-state index contributed by atoms with van der Waals surface area (Å²) < 4.78 is 0. The average molecular weight is 438 g/mol. The molecule has 1 aliphatic heterocycles. The van der Waals surface area contributed by atoms with Crippen molar-refractivity contribution in [1.29, 1.82) is 0 Å². The van der Waals surface area contributed by atoms with Gasteiger partial charge in [-0.25, -0.2) is 20.2 Å². The Morgan fingerprint density at radius 2 is 1.75 bits per heavy atom. The third kappa shape index (κ3) is 4.18. The maximum absolute atomic E-state index is 11.7. The predicted octanol–water partition coefficient (Wildman–Crippen LogP) is 2.24. The number of nitrogens with zero attached hydrogens (tertiary/aromatic N) is 6. The Morgan fingerprint density at radius 1 is 1.06 bits per heavy atom. The van der Waals surface area contributed by atoms with E-state index in [1.165, 1.54) is 0 Å². The summed E-state index contributed by atoms with van der Waals surface area (Å²) in [6.45, 7) is 5.50. The summed E-state index contributed by atoms with van der Waals surface area (Å²) in [6.07, 6.45) is 5.29. The molecule has 3 heterocycles. The van der Waals surface area contributed by atoms with E-state index in [0.717, 1.165) is 16.0 Å². The molecule has 3 N–H and O–H groups in total. The lowest BCUT2D eigenvalue weighted by Crippen LogP contribution is -2.44. The standard InChI is InChI=1S/C21H26N8O3/c1-3-21(18(30)31)7-9-28(10-8-21)19-23-12-15(13-24-19)14-5-6-16-17(11-14)26-29(25-16)27-20(32)22-4-2/h5-6,11-13H,3-4,7-10H2,1-2H3,(H,30,31)(H2,22,27,32). The minimum absolute atomic E-state index is 0.380. The lowest BCUT2D eigenvalue weighted by Gasteiger charge is -2.38. The van der Waals surface area contributed by atoms with E-state index >= 15 is 0 Å². The minimum atomic E-state index is -0.718. The summed E-state index contributed by atoms with van der Waals surface area (Å²) in [4.78, 5) is 35.5.